The third-order valence-corrected chi connectivity index (χ3v) is 5.19. The Morgan fingerprint density at radius 2 is 1.77 bits per heavy atom. The number of amides is 1. The van der Waals surface area contributed by atoms with Crippen LogP contribution in [0.4, 0.5) is 4.39 Å². The monoisotopic (exact) mass is 428 g/mol. The van der Waals surface area contributed by atoms with Crippen LogP contribution in [0.15, 0.2) is 48.0 Å². The highest BCUT2D eigenvalue weighted by Gasteiger charge is 2.46. The van der Waals surface area contributed by atoms with Gasteiger partial charge < -0.3 is 24.4 Å². The van der Waals surface area contributed by atoms with Crippen molar-refractivity contribution in [3.63, 3.8) is 0 Å². The van der Waals surface area contributed by atoms with Crippen LogP contribution in [-0.2, 0) is 9.59 Å². The van der Waals surface area contributed by atoms with Gasteiger partial charge in [0, 0.05) is 24.2 Å². The van der Waals surface area contributed by atoms with E-state index in [1.165, 1.54) is 31.3 Å². The molecular weight excluding hydrogens is 403 g/mol. The zero-order valence-corrected chi connectivity index (χ0v) is 17.9. The Morgan fingerprint density at radius 3 is 2.39 bits per heavy atom. The lowest BCUT2D eigenvalue weighted by atomic mass is 9.94. The molecular formula is C23H25FN2O5. The minimum Gasteiger partial charge on any atom is -0.507 e. The molecule has 2 aromatic rings. The van der Waals surface area contributed by atoms with Crippen LogP contribution < -0.4 is 9.47 Å². The maximum Gasteiger partial charge on any atom is 0.295 e. The summed E-state index contributed by atoms with van der Waals surface area (Å²) in [7, 11) is 6.53. The molecule has 3 rings (SSSR count). The molecule has 0 radical (unpaired) electrons. The molecule has 1 amide bonds. The predicted octanol–water partition coefficient (Wildman–Crippen LogP) is 2.83. The first-order chi connectivity index (χ1) is 14.8. The molecule has 0 unspecified atom stereocenters. The number of benzene rings is 2. The van der Waals surface area contributed by atoms with Crippen molar-refractivity contribution >= 4 is 17.4 Å². The number of hydrogen-bond acceptors (Lipinski definition) is 6. The molecule has 2 aromatic carbocycles. The van der Waals surface area contributed by atoms with Gasteiger partial charge in [0.2, 0.25) is 0 Å². The molecule has 1 saturated heterocycles. The maximum atomic E-state index is 14.3. The molecule has 0 aromatic heterocycles. The van der Waals surface area contributed by atoms with Gasteiger partial charge in [0.25, 0.3) is 11.7 Å². The van der Waals surface area contributed by atoms with Crippen LogP contribution in [0, 0.1) is 5.82 Å². The first kappa shape index (κ1) is 22.3. The number of aliphatic hydroxyl groups is 1. The first-order valence-corrected chi connectivity index (χ1v) is 9.70. The second kappa shape index (κ2) is 9.18. The number of Topliss-reactive ketones (excluding diaryl/α,β-unsaturated/α-hetero) is 1. The van der Waals surface area contributed by atoms with Crippen LogP contribution in [0.2, 0.25) is 0 Å². The summed E-state index contributed by atoms with van der Waals surface area (Å²) in [5.74, 6) is -2.23. The van der Waals surface area contributed by atoms with E-state index in [9.17, 15) is 19.1 Å². The summed E-state index contributed by atoms with van der Waals surface area (Å²) >= 11 is 0. The van der Waals surface area contributed by atoms with Gasteiger partial charge in [-0.1, -0.05) is 18.2 Å². The average Bonchev–Trinajstić information content (AvgIpc) is 3.01. The van der Waals surface area contributed by atoms with Crippen molar-refractivity contribution in [2.45, 2.75) is 6.04 Å². The van der Waals surface area contributed by atoms with Gasteiger partial charge in [0.05, 0.1) is 25.8 Å². The number of aliphatic hydroxyl groups excluding tert-OH is 1. The number of ketones is 1. The summed E-state index contributed by atoms with van der Waals surface area (Å²) in [6, 6.07) is 9.97. The van der Waals surface area contributed by atoms with Gasteiger partial charge in [-0.25, -0.2) is 4.39 Å². The Kier molecular flexibility index (Phi) is 6.60. The number of ether oxygens (including phenoxy) is 2. The van der Waals surface area contributed by atoms with Crippen molar-refractivity contribution in [1.29, 1.82) is 0 Å². The van der Waals surface area contributed by atoms with Gasteiger partial charge in [0.1, 0.15) is 11.5 Å². The Hall–Kier alpha value is -3.39. The lowest BCUT2D eigenvalue weighted by Gasteiger charge is -2.27. The molecule has 1 atom stereocenters. The summed E-state index contributed by atoms with van der Waals surface area (Å²) in [6.45, 7) is 0.768. The predicted molar refractivity (Wildman–Crippen MR) is 114 cm³/mol. The molecule has 0 saturated carbocycles. The highest BCUT2D eigenvalue weighted by atomic mass is 19.1. The van der Waals surface area contributed by atoms with E-state index in [0.29, 0.717) is 17.9 Å². The van der Waals surface area contributed by atoms with Crippen LogP contribution in [0.25, 0.3) is 5.76 Å². The highest BCUT2D eigenvalue weighted by Crippen LogP contribution is 2.42. The van der Waals surface area contributed by atoms with Gasteiger partial charge in [-0.3, -0.25) is 9.59 Å². The molecule has 1 heterocycles. The maximum absolute atomic E-state index is 14.3. The minimum absolute atomic E-state index is 0.00395. The van der Waals surface area contributed by atoms with E-state index in [-0.39, 0.29) is 23.4 Å². The lowest BCUT2D eigenvalue weighted by Crippen LogP contribution is -2.35. The highest BCUT2D eigenvalue weighted by molar-refractivity contribution is 6.46. The van der Waals surface area contributed by atoms with E-state index in [1.807, 2.05) is 19.0 Å². The summed E-state index contributed by atoms with van der Waals surface area (Å²) in [5.41, 5.74) is 0.514. The molecule has 31 heavy (non-hydrogen) atoms. The first-order valence-electron chi connectivity index (χ1n) is 9.70. The molecule has 1 aliphatic heterocycles. The van der Waals surface area contributed by atoms with Gasteiger partial charge in [-0.15, -0.1) is 0 Å². The van der Waals surface area contributed by atoms with Crippen molar-refractivity contribution in [2.24, 2.45) is 0 Å². The van der Waals surface area contributed by atoms with E-state index in [1.54, 1.807) is 24.3 Å². The van der Waals surface area contributed by atoms with Gasteiger partial charge in [-0.05, 0) is 38.4 Å². The number of nitrogens with zero attached hydrogens (tertiary/aromatic N) is 2. The second-order valence-electron chi connectivity index (χ2n) is 7.39. The summed E-state index contributed by atoms with van der Waals surface area (Å²) in [4.78, 5) is 29.2. The van der Waals surface area contributed by atoms with Crippen LogP contribution >= 0.6 is 0 Å². The Balaban J connectivity index is 2.20. The Bertz CT molecular complexity index is 1030. The Morgan fingerprint density at radius 1 is 1.10 bits per heavy atom. The standard InChI is InChI=1S/C23H25FN2O5/c1-25(2)11-12-26-20(15-7-5-6-8-17(15)30-3)19(22(28)23(26)29)21(27)14-9-10-18(31-4)16(24)13-14/h5-10,13,20,27H,11-12H2,1-4H3/b21-19+/t20-/m0/s1. The average molecular weight is 428 g/mol. The number of likely N-dealkylation sites (tertiary alicyclic amines) is 1. The number of hydrogen-bond donors (Lipinski definition) is 1. The van der Waals surface area contributed by atoms with Gasteiger partial charge in [0.15, 0.2) is 11.6 Å². The van der Waals surface area contributed by atoms with E-state index in [4.69, 9.17) is 9.47 Å². The van der Waals surface area contributed by atoms with Gasteiger partial charge in [-0.2, -0.15) is 0 Å². The van der Waals surface area contributed by atoms with Crippen LogP contribution in [0.1, 0.15) is 17.2 Å². The van der Waals surface area contributed by atoms with Crippen molar-refractivity contribution in [2.75, 3.05) is 41.4 Å². The normalized spacial score (nSPS) is 18.0. The quantitative estimate of drug-likeness (QED) is 0.415. The second-order valence-corrected chi connectivity index (χ2v) is 7.39. The molecule has 1 fully saturated rings. The molecule has 0 bridgehead atoms. The van der Waals surface area contributed by atoms with Crippen molar-refractivity contribution in [3.8, 4) is 11.5 Å². The zero-order chi connectivity index (χ0) is 22.7. The number of para-hydroxylation sites is 1. The fraction of sp³-hybridized carbons (Fsp3) is 0.304. The fourth-order valence-electron chi connectivity index (χ4n) is 3.60. The summed E-state index contributed by atoms with van der Waals surface area (Å²) in [6.07, 6.45) is 0. The number of carbonyl (C=O) groups is 2. The lowest BCUT2D eigenvalue weighted by molar-refractivity contribution is -0.140. The van der Waals surface area contributed by atoms with E-state index in [0.717, 1.165) is 6.07 Å². The number of methoxy groups -OCH3 is 2. The van der Waals surface area contributed by atoms with Crippen LogP contribution in [-0.4, -0.2) is 68.0 Å². The smallest absolute Gasteiger partial charge is 0.295 e. The molecule has 1 N–H and O–H groups in total. The molecule has 1 aliphatic rings. The molecule has 7 nitrogen and oxygen atoms in total. The molecule has 164 valence electrons. The topological polar surface area (TPSA) is 79.3 Å². The number of likely N-dealkylation sites (N-methyl/N-ethyl adjacent to an activating group) is 1. The van der Waals surface area contributed by atoms with Crippen molar-refractivity contribution < 1.29 is 28.6 Å². The summed E-state index contributed by atoms with van der Waals surface area (Å²) < 4.78 is 24.6. The SMILES string of the molecule is COc1ccc(/C(O)=C2\C(=O)C(=O)N(CCN(C)C)[C@H]2c2ccccc2OC)cc1F. The largest absolute Gasteiger partial charge is 0.507 e. The van der Waals surface area contributed by atoms with Gasteiger partial charge >= 0.3 is 0 Å². The van der Waals surface area contributed by atoms with Crippen molar-refractivity contribution in [3.05, 3.63) is 65.0 Å². The van der Waals surface area contributed by atoms with Crippen molar-refractivity contribution in [1.82, 2.24) is 9.80 Å². The molecule has 0 spiro atoms. The fourth-order valence-corrected chi connectivity index (χ4v) is 3.60. The molecule has 8 heteroatoms. The number of halogens is 1. The van der Waals surface area contributed by atoms with E-state index in [2.05, 4.69) is 0 Å². The van der Waals surface area contributed by atoms with E-state index < -0.39 is 29.3 Å². The number of rotatable bonds is 7. The number of carbonyl (C=O) groups excluding carboxylic acids is 2. The Labute approximate surface area is 180 Å². The zero-order valence-electron chi connectivity index (χ0n) is 17.9. The van der Waals surface area contributed by atoms with E-state index >= 15 is 0 Å². The molecule has 0 aliphatic carbocycles. The van der Waals surface area contributed by atoms with Crippen LogP contribution in [0.3, 0.4) is 0 Å². The minimum atomic E-state index is -0.874. The third kappa shape index (κ3) is 4.25. The third-order valence-electron chi connectivity index (χ3n) is 5.19. The van der Waals surface area contributed by atoms with Crippen LogP contribution in [0.5, 0.6) is 11.5 Å². The summed E-state index contributed by atoms with van der Waals surface area (Å²) in [5, 5.41) is 11.0.